The number of nitriles is 1. The number of nitrogens with zero attached hydrogens (tertiary/aromatic N) is 2. The van der Waals surface area contributed by atoms with Gasteiger partial charge in [0.05, 0.1) is 17.3 Å². The molecule has 162 valence electrons. The second-order valence-corrected chi connectivity index (χ2v) is 11.6. The lowest BCUT2D eigenvalue weighted by atomic mass is 9.85. The highest BCUT2D eigenvalue weighted by molar-refractivity contribution is 7.94. The number of aromatic nitrogens is 1. The van der Waals surface area contributed by atoms with E-state index >= 15 is 0 Å². The number of sulfone groups is 1. The summed E-state index contributed by atoms with van der Waals surface area (Å²) < 4.78 is 25.3. The van der Waals surface area contributed by atoms with Gasteiger partial charge in [-0.05, 0) is 54.5 Å². The zero-order valence-electron chi connectivity index (χ0n) is 18.2. The van der Waals surface area contributed by atoms with Gasteiger partial charge in [0, 0.05) is 11.8 Å². The average molecular weight is 449 g/mol. The van der Waals surface area contributed by atoms with E-state index in [1.807, 2.05) is 27.7 Å². The lowest BCUT2D eigenvalue weighted by molar-refractivity contribution is -0.116. The van der Waals surface area contributed by atoms with Crippen LogP contribution in [0, 0.1) is 11.3 Å². The first-order valence-corrected chi connectivity index (χ1v) is 12.3. The van der Waals surface area contributed by atoms with Gasteiger partial charge in [0.2, 0.25) is 14.2 Å². The Hall–Kier alpha value is -2.08. The molecule has 0 radical (unpaired) electrons. The highest BCUT2D eigenvalue weighted by atomic mass is 32.2. The maximum absolute atomic E-state index is 12.8. The molecule has 1 aromatic heterocycles. The third-order valence-corrected chi connectivity index (χ3v) is 7.80. The second kappa shape index (κ2) is 8.96. The summed E-state index contributed by atoms with van der Waals surface area (Å²) in [5, 5.41) is 20.8. The molecule has 1 N–H and O–H groups in total. The van der Waals surface area contributed by atoms with E-state index in [1.165, 1.54) is 19.2 Å². The van der Waals surface area contributed by atoms with Crippen LogP contribution in [-0.2, 0) is 26.7 Å². The van der Waals surface area contributed by atoms with Crippen molar-refractivity contribution < 1.29 is 18.3 Å². The Morgan fingerprint density at radius 2 is 1.73 bits per heavy atom. The van der Waals surface area contributed by atoms with Crippen molar-refractivity contribution in [2.24, 2.45) is 0 Å². The molecular formula is C22H28N2O4S2. The molecule has 0 atom stereocenters. The zero-order chi connectivity index (χ0) is 22.9. The summed E-state index contributed by atoms with van der Waals surface area (Å²) in [6, 6.07) is 5.73. The Bertz CT molecular complexity index is 1060. The highest BCUT2D eigenvalue weighted by Gasteiger charge is 2.28. The van der Waals surface area contributed by atoms with Crippen LogP contribution in [0.4, 0.5) is 0 Å². The third kappa shape index (κ3) is 5.54. The molecule has 30 heavy (non-hydrogen) atoms. The minimum absolute atomic E-state index is 0.0182. The fraction of sp³-hybridized carbons (Fsp3) is 0.500. The van der Waals surface area contributed by atoms with Gasteiger partial charge in [-0.1, -0.05) is 27.7 Å². The summed E-state index contributed by atoms with van der Waals surface area (Å²) in [5.74, 6) is -0.906. The molecule has 0 unspecified atom stereocenters. The van der Waals surface area contributed by atoms with E-state index < -0.39 is 27.0 Å². The first-order chi connectivity index (χ1) is 13.8. The Balaban J connectivity index is 2.36. The number of benzene rings is 1. The van der Waals surface area contributed by atoms with Crippen molar-refractivity contribution in [3.05, 3.63) is 45.5 Å². The fourth-order valence-electron chi connectivity index (χ4n) is 3.22. The van der Waals surface area contributed by atoms with Crippen molar-refractivity contribution in [2.75, 3.05) is 5.75 Å². The number of carbonyl (C=O) groups is 1. The first kappa shape index (κ1) is 24.2. The summed E-state index contributed by atoms with van der Waals surface area (Å²) in [4.78, 5) is 16.8. The molecule has 0 aliphatic rings. The van der Waals surface area contributed by atoms with Gasteiger partial charge in [-0.15, -0.1) is 11.3 Å². The van der Waals surface area contributed by atoms with Crippen molar-refractivity contribution in [1.29, 1.82) is 5.26 Å². The van der Waals surface area contributed by atoms with E-state index in [0.29, 0.717) is 5.56 Å². The molecule has 0 fully saturated rings. The number of aliphatic hydroxyl groups is 1. The molecule has 0 aliphatic carbocycles. The predicted octanol–water partition coefficient (Wildman–Crippen LogP) is 4.07. The predicted molar refractivity (Wildman–Crippen MR) is 117 cm³/mol. The van der Waals surface area contributed by atoms with Gasteiger partial charge in [0.25, 0.3) is 0 Å². The van der Waals surface area contributed by atoms with E-state index in [1.54, 1.807) is 12.1 Å². The van der Waals surface area contributed by atoms with Crippen molar-refractivity contribution in [3.8, 4) is 6.07 Å². The van der Waals surface area contributed by atoms with Crippen LogP contribution in [0.25, 0.3) is 0 Å². The van der Waals surface area contributed by atoms with Gasteiger partial charge in [0.1, 0.15) is 11.4 Å². The van der Waals surface area contributed by atoms with Gasteiger partial charge >= 0.3 is 0 Å². The van der Waals surface area contributed by atoms with Crippen LogP contribution >= 0.6 is 11.3 Å². The molecule has 1 aromatic carbocycles. The number of rotatable bonds is 8. The minimum Gasteiger partial charge on any atom is -0.384 e. The summed E-state index contributed by atoms with van der Waals surface area (Å²) in [5.41, 5.74) is 2.12. The summed E-state index contributed by atoms with van der Waals surface area (Å²) >= 11 is 0.905. The van der Waals surface area contributed by atoms with Gasteiger partial charge in [-0.25, -0.2) is 13.4 Å². The average Bonchev–Trinajstić information content (AvgIpc) is 3.12. The van der Waals surface area contributed by atoms with Crippen molar-refractivity contribution in [1.82, 2.24) is 4.98 Å². The largest absolute Gasteiger partial charge is 0.384 e. The molecule has 0 saturated heterocycles. The summed E-state index contributed by atoms with van der Waals surface area (Å²) in [6.07, 6.45) is -0.0182. The van der Waals surface area contributed by atoms with Crippen LogP contribution in [0.3, 0.4) is 0 Å². The van der Waals surface area contributed by atoms with Crippen LogP contribution in [0.2, 0.25) is 0 Å². The Labute approximate surface area is 182 Å². The number of ketones is 1. The zero-order valence-corrected chi connectivity index (χ0v) is 19.8. The third-order valence-electron chi connectivity index (χ3n) is 4.79. The van der Waals surface area contributed by atoms with E-state index in [0.717, 1.165) is 28.0 Å². The number of thiazole rings is 1. The molecule has 0 spiro atoms. The maximum Gasteiger partial charge on any atom is 0.212 e. The summed E-state index contributed by atoms with van der Waals surface area (Å²) in [6.45, 7) is 11.0. The topological polar surface area (TPSA) is 108 Å². The number of Topliss-reactive ketones (excluding diaryl/α,β-unsaturated/α-hetero) is 1. The molecule has 1 heterocycles. The van der Waals surface area contributed by atoms with E-state index in [9.17, 15) is 23.6 Å². The van der Waals surface area contributed by atoms with Gasteiger partial charge in [-0.3, -0.25) is 4.79 Å². The molecule has 0 saturated carbocycles. The van der Waals surface area contributed by atoms with Crippen LogP contribution in [-0.4, -0.2) is 30.0 Å². The number of carbonyl (C=O) groups excluding carboxylic acids is 1. The monoisotopic (exact) mass is 448 g/mol. The van der Waals surface area contributed by atoms with Crippen molar-refractivity contribution >= 4 is 27.0 Å². The van der Waals surface area contributed by atoms with E-state index in [2.05, 4.69) is 11.1 Å². The lowest BCUT2D eigenvalue weighted by Gasteiger charge is -2.20. The van der Waals surface area contributed by atoms with Gasteiger partial charge < -0.3 is 5.11 Å². The smallest absolute Gasteiger partial charge is 0.212 e. The quantitative estimate of drug-likeness (QED) is 0.652. The molecule has 6 nitrogen and oxygen atoms in total. The molecule has 8 heteroatoms. The molecule has 2 rings (SSSR count). The first-order valence-electron chi connectivity index (χ1n) is 9.76. The van der Waals surface area contributed by atoms with Crippen LogP contribution in [0.15, 0.2) is 21.9 Å². The maximum atomic E-state index is 12.8. The minimum atomic E-state index is -3.90. The SMILES string of the molecule is CC(C)c1cc(C#N)cc(C(C)C)c1CC(=O)CS(=O)(=O)c1nc(C(C)(C)O)cs1. The van der Waals surface area contributed by atoms with Crippen molar-refractivity contribution in [3.63, 3.8) is 0 Å². The highest BCUT2D eigenvalue weighted by Crippen LogP contribution is 2.31. The van der Waals surface area contributed by atoms with E-state index in [4.69, 9.17) is 0 Å². The van der Waals surface area contributed by atoms with Gasteiger partial charge in [0.15, 0.2) is 5.78 Å². The standard InChI is InChI=1S/C22H28N2O4S2/c1-13(2)17-7-15(10-23)8-18(14(3)4)19(17)9-16(25)12-30(27,28)21-24-20(11-29-21)22(5,6)26/h7-8,11,13-14,26H,9,12H2,1-6H3. The van der Waals surface area contributed by atoms with Gasteiger partial charge in [-0.2, -0.15) is 5.26 Å². The Morgan fingerprint density at radius 3 is 2.13 bits per heavy atom. The summed E-state index contributed by atoms with van der Waals surface area (Å²) in [7, 11) is -3.90. The number of hydrogen-bond acceptors (Lipinski definition) is 7. The van der Waals surface area contributed by atoms with E-state index in [-0.39, 0.29) is 28.3 Å². The second-order valence-electron chi connectivity index (χ2n) is 8.59. The fourth-order valence-corrected chi connectivity index (χ4v) is 5.72. The molecule has 0 aliphatic heterocycles. The number of hydrogen-bond donors (Lipinski definition) is 1. The normalized spacial score (nSPS) is 12.4. The van der Waals surface area contributed by atoms with Crippen LogP contribution in [0.5, 0.6) is 0 Å². The molecule has 0 amide bonds. The van der Waals surface area contributed by atoms with Crippen LogP contribution < -0.4 is 0 Å². The van der Waals surface area contributed by atoms with Crippen LogP contribution in [0.1, 0.15) is 81.3 Å². The Kier molecular flexibility index (Phi) is 7.23. The lowest BCUT2D eigenvalue weighted by Crippen LogP contribution is -2.21. The molecule has 0 bridgehead atoms. The molecule has 2 aromatic rings. The molecular weight excluding hydrogens is 420 g/mol. The van der Waals surface area contributed by atoms with Crippen molar-refractivity contribution in [2.45, 2.75) is 69.7 Å². The Morgan fingerprint density at radius 1 is 1.20 bits per heavy atom.